The van der Waals surface area contributed by atoms with Gasteiger partial charge in [0.15, 0.2) is 5.13 Å². The van der Waals surface area contributed by atoms with E-state index in [1.807, 2.05) is 35.7 Å². The molecule has 0 unspecified atom stereocenters. The van der Waals surface area contributed by atoms with Gasteiger partial charge in [0.2, 0.25) is 11.8 Å². The maximum atomic E-state index is 13.9. The summed E-state index contributed by atoms with van der Waals surface area (Å²) >= 11 is 1.39. The number of allylic oxidation sites excluding steroid dienone is 1. The standard InChI is InChI=1S/C28H30N4O4S/c1-36-25-16-29-23(15-30-25)20-11-4-5-12-21(20)24-17-37-28(31-24)32-13-7-6-10-19(18-8-2-3-9-18)22(27(32)35)14-26(33)34/h4-7,11-12,15-19,22H,2-3,8-10,13-14H2,1H3,(H,33,34)/t19-,22+/m1/s1. The summed E-state index contributed by atoms with van der Waals surface area (Å²) in [6, 6.07) is 7.81. The minimum atomic E-state index is -0.930. The molecular weight excluding hydrogens is 488 g/mol. The SMILES string of the molecule is COc1cnc(-c2ccccc2-c2csc(N3CC=CC[C@H](C4CCCC4)[C@H](CC(=O)O)C3=O)n2)cn1. The molecule has 192 valence electrons. The molecule has 1 saturated carbocycles. The van der Waals surface area contributed by atoms with Gasteiger partial charge < -0.3 is 9.84 Å². The first kappa shape index (κ1) is 25.1. The van der Waals surface area contributed by atoms with Gasteiger partial charge in [0.1, 0.15) is 0 Å². The molecule has 9 heteroatoms. The van der Waals surface area contributed by atoms with Crippen LogP contribution in [0.2, 0.25) is 0 Å². The highest BCUT2D eigenvalue weighted by molar-refractivity contribution is 7.14. The number of carboxylic acids is 1. The van der Waals surface area contributed by atoms with Crippen LogP contribution in [0.5, 0.6) is 5.88 Å². The van der Waals surface area contributed by atoms with Crippen molar-refractivity contribution >= 4 is 28.3 Å². The summed E-state index contributed by atoms with van der Waals surface area (Å²) in [4.78, 5) is 40.9. The average molecular weight is 519 g/mol. The van der Waals surface area contributed by atoms with E-state index in [2.05, 4.69) is 16.0 Å². The fourth-order valence-electron chi connectivity index (χ4n) is 5.58. The molecule has 37 heavy (non-hydrogen) atoms. The number of benzene rings is 1. The maximum absolute atomic E-state index is 13.9. The van der Waals surface area contributed by atoms with Crippen LogP contribution < -0.4 is 9.64 Å². The number of amides is 1. The van der Waals surface area contributed by atoms with Gasteiger partial charge in [0.05, 0.1) is 43.2 Å². The fourth-order valence-corrected chi connectivity index (χ4v) is 6.42. The van der Waals surface area contributed by atoms with Gasteiger partial charge >= 0.3 is 5.97 Å². The topological polar surface area (TPSA) is 106 Å². The van der Waals surface area contributed by atoms with Gasteiger partial charge in [-0.25, -0.2) is 15.0 Å². The van der Waals surface area contributed by atoms with E-state index in [4.69, 9.17) is 9.72 Å². The smallest absolute Gasteiger partial charge is 0.304 e. The lowest BCUT2D eigenvalue weighted by Gasteiger charge is -2.34. The molecule has 5 rings (SSSR count). The molecule has 0 spiro atoms. The van der Waals surface area contributed by atoms with E-state index < -0.39 is 11.9 Å². The average Bonchev–Trinajstić information content (AvgIpc) is 3.62. The molecule has 2 aliphatic rings. The molecule has 1 amide bonds. The van der Waals surface area contributed by atoms with E-state index in [-0.39, 0.29) is 18.2 Å². The molecule has 2 aromatic heterocycles. The van der Waals surface area contributed by atoms with E-state index >= 15 is 0 Å². The molecule has 1 N–H and O–H groups in total. The van der Waals surface area contributed by atoms with Gasteiger partial charge in [-0.15, -0.1) is 11.3 Å². The van der Waals surface area contributed by atoms with Crippen LogP contribution in [0.15, 0.2) is 54.2 Å². The third-order valence-corrected chi connectivity index (χ3v) is 8.27. The van der Waals surface area contributed by atoms with Crippen molar-refractivity contribution in [2.24, 2.45) is 17.8 Å². The van der Waals surface area contributed by atoms with Crippen LogP contribution in [0.4, 0.5) is 5.13 Å². The minimum absolute atomic E-state index is 0.0407. The Morgan fingerprint density at radius 2 is 1.86 bits per heavy atom. The number of nitrogens with zero attached hydrogens (tertiary/aromatic N) is 4. The lowest BCUT2D eigenvalue weighted by atomic mass is 9.75. The van der Waals surface area contributed by atoms with Gasteiger partial charge in [-0.05, 0) is 18.3 Å². The molecule has 2 atom stereocenters. The van der Waals surface area contributed by atoms with Crippen molar-refractivity contribution in [3.8, 4) is 28.4 Å². The summed E-state index contributed by atoms with van der Waals surface area (Å²) in [7, 11) is 1.55. The van der Waals surface area contributed by atoms with Gasteiger partial charge in [-0.1, -0.05) is 62.1 Å². The normalized spacial score (nSPS) is 20.6. The minimum Gasteiger partial charge on any atom is -0.481 e. The highest BCUT2D eigenvalue weighted by Crippen LogP contribution is 2.41. The number of carboxylic acid groups (broad SMARTS) is 1. The van der Waals surface area contributed by atoms with E-state index in [0.717, 1.165) is 48.9 Å². The van der Waals surface area contributed by atoms with Crippen LogP contribution in [0, 0.1) is 17.8 Å². The third-order valence-electron chi connectivity index (χ3n) is 7.40. The predicted octanol–water partition coefficient (Wildman–Crippen LogP) is 5.47. The highest BCUT2D eigenvalue weighted by atomic mass is 32.1. The number of thiazole rings is 1. The number of anilines is 1. The van der Waals surface area contributed by atoms with Crippen molar-refractivity contribution in [2.45, 2.75) is 38.5 Å². The summed E-state index contributed by atoms with van der Waals surface area (Å²) in [5.41, 5.74) is 3.18. The molecule has 0 bridgehead atoms. The zero-order chi connectivity index (χ0) is 25.8. The Kier molecular flexibility index (Phi) is 7.60. The van der Waals surface area contributed by atoms with Crippen LogP contribution in [0.1, 0.15) is 38.5 Å². The number of carbonyl (C=O) groups is 2. The molecular formula is C28H30N4O4S. The first-order valence-corrected chi connectivity index (χ1v) is 13.5. The third kappa shape index (κ3) is 5.41. The lowest BCUT2D eigenvalue weighted by molar-refractivity contribution is -0.142. The van der Waals surface area contributed by atoms with E-state index in [1.165, 1.54) is 11.3 Å². The molecule has 1 aliphatic heterocycles. The zero-order valence-corrected chi connectivity index (χ0v) is 21.6. The molecule has 1 fully saturated rings. The summed E-state index contributed by atoms with van der Waals surface area (Å²) in [5, 5.41) is 12.2. The summed E-state index contributed by atoms with van der Waals surface area (Å²) in [6.45, 7) is 0.380. The molecule has 1 aromatic carbocycles. The number of rotatable bonds is 7. The van der Waals surface area contributed by atoms with Crippen molar-refractivity contribution in [3.05, 3.63) is 54.2 Å². The highest BCUT2D eigenvalue weighted by Gasteiger charge is 2.39. The molecule has 3 aromatic rings. The van der Waals surface area contributed by atoms with Gasteiger partial charge in [-0.3, -0.25) is 14.5 Å². The Labute approximate surface area is 220 Å². The van der Waals surface area contributed by atoms with Crippen molar-refractivity contribution in [2.75, 3.05) is 18.6 Å². The number of aliphatic carboxylic acids is 1. The fraction of sp³-hybridized carbons (Fsp3) is 0.393. The van der Waals surface area contributed by atoms with E-state index in [9.17, 15) is 14.7 Å². The zero-order valence-electron chi connectivity index (χ0n) is 20.7. The largest absolute Gasteiger partial charge is 0.481 e. The van der Waals surface area contributed by atoms with Crippen molar-refractivity contribution in [1.29, 1.82) is 0 Å². The number of hydrogen-bond donors (Lipinski definition) is 1. The quantitative estimate of drug-likeness (QED) is 0.414. The number of methoxy groups -OCH3 is 1. The molecule has 0 saturated heterocycles. The second-order valence-electron chi connectivity index (χ2n) is 9.57. The Hall–Kier alpha value is -3.59. The summed E-state index contributed by atoms with van der Waals surface area (Å²) in [6.07, 6.45) is 12.4. The van der Waals surface area contributed by atoms with Crippen LogP contribution in [0.25, 0.3) is 22.5 Å². The number of hydrogen-bond acceptors (Lipinski definition) is 7. The van der Waals surface area contributed by atoms with E-state index in [0.29, 0.717) is 29.2 Å². The second-order valence-corrected chi connectivity index (χ2v) is 10.4. The van der Waals surface area contributed by atoms with Crippen LogP contribution in [-0.2, 0) is 9.59 Å². The van der Waals surface area contributed by atoms with Gasteiger partial charge in [0.25, 0.3) is 0 Å². The Balaban J connectivity index is 1.46. The van der Waals surface area contributed by atoms with Crippen molar-refractivity contribution in [3.63, 3.8) is 0 Å². The van der Waals surface area contributed by atoms with Gasteiger partial charge in [0, 0.05) is 23.1 Å². The summed E-state index contributed by atoms with van der Waals surface area (Å²) < 4.78 is 5.13. The Bertz CT molecular complexity index is 1280. The first-order valence-electron chi connectivity index (χ1n) is 12.6. The second kappa shape index (κ2) is 11.2. The monoisotopic (exact) mass is 518 g/mol. The molecule has 1 aliphatic carbocycles. The summed E-state index contributed by atoms with van der Waals surface area (Å²) in [5.74, 6) is -0.757. The molecule has 0 radical (unpaired) electrons. The van der Waals surface area contributed by atoms with E-state index in [1.54, 1.807) is 24.4 Å². The van der Waals surface area contributed by atoms with Gasteiger partial charge in [-0.2, -0.15) is 0 Å². The van der Waals surface area contributed by atoms with Crippen LogP contribution >= 0.6 is 11.3 Å². The Morgan fingerprint density at radius 3 is 2.54 bits per heavy atom. The molecule has 3 heterocycles. The first-order chi connectivity index (χ1) is 18.0. The van der Waals surface area contributed by atoms with Crippen LogP contribution in [0.3, 0.4) is 0 Å². The Morgan fingerprint density at radius 1 is 1.11 bits per heavy atom. The number of carbonyl (C=O) groups excluding carboxylic acids is 1. The van der Waals surface area contributed by atoms with Crippen LogP contribution in [-0.4, -0.2) is 45.6 Å². The van der Waals surface area contributed by atoms with Crippen molar-refractivity contribution in [1.82, 2.24) is 15.0 Å². The predicted molar refractivity (Wildman–Crippen MR) is 142 cm³/mol. The molecule has 8 nitrogen and oxygen atoms in total. The van der Waals surface area contributed by atoms with Crippen molar-refractivity contribution < 1.29 is 19.4 Å². The maximum Gasteiger partial charge on any atom is 0.304 e. The lowest BCUT2D eigenvalue weighted by Crippen LogP contribution is -2.43. The number of ether oxygens (including phenoxy) is 1. The number of aromatic nitrogens is 3.